The standard InChI is InChI=1S/2C22H21.C2H6Si.2ClH.Zr/c2*1-3-12-19(13-4-1)22(20-14-5-2-6-15-20)17-8-7-10-18-11-9-16-21(18)22;1-3-2;;;/h2*1-8,10-15,21H,9,16-17H2;1-2H3;2*1H;/q;;;;;+2/p-2. The van der Waals surface area contributed by atoms with Crippen LogP contribution in [0, 0.1) is 11.8 Å². The second-order valence-corrected chi connectivity index (χ2v) is 33.3. The first-order valence-corrected chi connectivity index (χ1v) is 27.3. The van der Waals surface area contributed by atoms with E-state index >= 15 is 0 Å². The predicted octanol–water partition coefficient (Wildman–Crippen LogP) is 6.01. The molecule has 2 fully saturated rings. The van der Waals surface area contributed by atoms with Crippen molar-refractivity contribution in [1.29, 1.82) is 0 Å². The molecule has 0 bridgehead atoms. The van der Waals surface area contributed by atoms with Gasteiger partial charge in [-0.1, -0.05) is 0 Å². The third kappa shape index (κ3) is 6.32. The Bertz CT molecular complexity index is 1690. The van der Waals surface area contributed by atoms with Crippen molar-refractivity contribution < 1.29 is 45.2 Å². The molecular formula is C46H48Cl2SiZr. The minimum atomic E-state index is -2.05. The molecule has 0 amide bonds. The van der Waals surface area contributed by atoms with Crippen LogP contribution in [0.5, 0.6) is 0 Å². The van der Waals surface area contributed by atoms with Crippen LogP contribution in [-0.2, 0) is 31.2 Å². The molecule has 0 saturated heterocycles. The summed E-state index contributed by atoms with van der Waals surface area (Å²) in [7, 11) is 0. The van der Waals surface area contributed by atoms with Gasteiger partial charge in [0.1, 0.15) is 0 Å². The molecule has 4 atom stereocenters. The van der Waals surface area contributed by atoms with E-state index < -0.39 is 25.8 Å². The molecule has 2 saturated carbocycles. The summed E-state index contributed by atoms with van der Waals surface area (Å²) in [4.78, 5) is 0. The van der Waals surface area contributed by atoms with E-state index in [-0.39, 0.29) is 35.6 Å². The van der Waals surface area contributed by atoms with E-state index in [1.165, 1.54) is 47.9 Å². The van der Waals surface area contributed by atoms with Crippen LogP contribution in [0.15, 0.2) is 169 Å². The van der Waals surface area contributed by atoms with E-state index in [1.54, 1.807) is 0 Å². The van der Waals surface area contributed by atoms with E-state index in [4.69, 9.17) is 0 Å². The van der Waals surface area contributed by atoms with Crippen LogP contribution >= 0.6 is 0 Å². The third-order valence-corrected chi connectivity index (χ3v) is 33.0. The number of halogens is 2. The minimum absolute atomic E-state index is 0. The van der Waals surface area contributed by atoms with Gasteiger partial charge < -0.3 is 24.8 Å². The molecule has 8 rings (SSSR count). The second-order valence-electron chi connectivity index (χ2n) is 14.8. The first-order chi connectivity index (χ1) is 23.6. The zero-order valence-electron chi connectivity index (χ0n) is 29.3. The SMILES string of the molecule is C[Si](C)=[Zr+2]([CH]1CCC2C1=CC=CCC2(c1ccccc1)c1ccccc1)[CH]1CCC2C1=CC=CCC2(c1ccccc1)c1ccccc1.[Cl-].[Cl-]. The Morgan fingerprint density at radius 3 is 1.10 bits per heavy atom. The van der Waals surface area contributed by atoms with Gasteiger partial charge in [-0.15, -0.1) is 0 Å². The Morgan fingerprint density at radius 2 is 0.800 bits per heavy atom. The second kappa shape index (κ2) is 16.0. The maximum absolute atomic E-state index is 2.71. The summed E-state index contributed by atoms with van der Waals surface area (Å²) >= 11 is -2.05. The Hall–Kier alpha value is -2.48. The van der Waals surface area contributed by atoms with Crippen LogP contribution in [0.25, 0.3) is 0 Å². The normalized spacial score (nSPS) is 24.0. The zero-order valence-corrected chi connectivity index (χ0v) is 34.3. The molecule has 4 unspecified atom stereocenters. The summed E-state index contributed by atoms with van der Waals surface area (Å²) < 4.78 is 1.66. The van der Waals surface area contributed by atoms with Gasteiger partial charge in [-0.3, -0.25) is 0 Å². The fourth-order valence-electron chi connectivity index (χ4n) is 10.7. The Balaban J connectivity index is 0.00000216. The Morgan fingerprint density at radius 1 is 0.480 bits per heavy atom. The van der Waals surface area contributed by atoms with Gasteiger partial charge in [0.15, 0.2) is 0 Å². The molecule has 0 aliphatic heterocycles. The molecule has 4 aromatic carbocycles. The molecule has 0 heterocycles. The third-order valence-electron chi connectivity index (χ3n) is 12.5. The van der Waals surface area contributed by atoms with Gasteiger partial charge in [-0.05, 0) is 0 Å². The van der Waals surface area contributed by atoms with Crippen LogP contribution in [0.4, 0.5) is 0 Å². The Kier molecular flexibility index (Phi) is 12.0. The van der Waals surface area contributed by atoms with E-state index in [0.717, 1.165) is 20.1 Å². The van der Waals surface area contributed by atoms with Crippen LogP contribution < -0.4 is 24.8 Å². The quantitative estimate of drug-likeness (QED) is 0.210. The number of allylic oxidation sites excluding steroid dienone is 8. The molecular weight excluding hydrogens is 743 g/mol. The molecule has 4 aliphatic carbocycles. The van der Waals surface area contributed by atoms with Crippen molar-refractivity contribution in [3.8, 4) is 0 Å². The monoisotopic (exact) mass is 788 g/mol. The Labute approximate surface area is 320 Å². The minimum Gasteiger partial charge on any atom is -1.00 e. The van der Waals surface area contributed by atoms with Crippen molar-refractivity contribution in [3.63, 3.8) is 0 Å². The molecule has 0 nitrogen and oxygen atoms in total. The first kappa shape index (κ1) is 37.3. The molecule has 0 aromatic heterocycles. The van der Waals surface area contributed by atoms with E-state index in [9.17, 15) is 0 Å². The molecule has 4 aliphatic rings. The number of benzene rings is 4. The fourth-order valence-corrected chi connectivity index (χ4v) is 32.8. The number of rotatable bonds is 6. The summed E-state index contributed by atoms with van der Waals surface area (Å²) in [5, 5.41) is 0. The van der Waals surface area contributed by atoms with Gasteiger partial charge in [-0.2, -0.15) is 0 Å². The van der Waals surface area contributed by atoms with Crippen LogP contribution in [-0.4, -0.2) is 5.43 Å². The largest absolute Gasteiger partial charge is 1.00 e. The molecule has 0 N–H and O–H groups in total. The van der Waals surface area contributed by atoms with Crippen molar-refractivity contribution in [1.82, 2.24) is 0 Å². The molecule has 0 radical (unpaired) electrons. The van der Waals surface area contributed by atoms with Gasteiger partial charge in [0.05, 0.1) is 0 Å². The summed E-state index contributed by atoms with van der Waals surface area (Å²) in [5.41, 5.74) is 9.20. The van der Waals surface area contributed by atoms with Crippen molar-refractivity contribution in [2.75, 3.05) is 0 Å². The topological polar surface area (TPSA) is 0 Å². The van der Waals surface area contributed by atoms with Gasteiger partial charge in [-0.25, -0.2) is 0 Å². The van der Waals surface area contributed by atoms with E-state index in [0.29, 0.717) is 11.8 Å². The molecule has 0 spiro atoms. The average Bonchev–Trinajstić information content (AvgIpc) is 3.62. The summed E-state index contributed by atoms with van der Waals surface area (Å²) in [6.07, 6.45) is 22.7. The van der Waals surface area contributed by atoms with Crippen molar-refractivity contribution >= 4 is 5.43 Å². The molecule has 4 aromatic rings. The first-order valence-electron chi connectivity index (χ1n) is 18.3. The van der Waals surface area contributed by atoms with Crippen LogP contribution in [0.2, 0.25) is 20.3 Å². The maximum atomic E-state index is 2.71. The van der Waals surface area contributed by atoms with Crippen molar-refractivity contribution in [3.05, 3.63) is 191 Å². The fraction of sp³-hybridized carbons (Fsp3) is 0.304. The number of fused-ring (bicyclic) bond motifs is 2. The van der Waals surface area contributed by atoms with E-state index in [1.807, 2.05) is 11.1 Å². The molecule has 4 heteroatoms. The number of hydrogen-bond donors (Lipinski definition) is 0. The van der Waals surface area contributed by atoms with Crippen LogP contribution in [0.3, 0.4) is 0 Å². The average molecular weight is 791 g/mol. The van der Waals surface area contributed by atoms with Gasteiger partial charge in [0, 0.05) is 0 Å². The number of hydrogen-bond acceptors (Lipinski definition) is 0. The van der Waals surface area contributed by atoms with E-state index in [2.05, 4.69) is 171 Å². The van der Waals surface area contributed by atoms with Gasteiger partial charge >= 0.3 is 299 Å². The predicted molar refractivity (Wildman–Crippen MR) is 201 cm³/mol. The van der Waals surface area contributed by atoms with Crippen LogP contribution in [0.1, 0.15) is 60.8 Å². The van der Waals surface area contributed by atoms with Crippen molar-refractivity contribution in [2.24, 2.45) is 11.8 Å². The molecule has 50 heavy (non-hydrogen) atoms. The summed E-state index contributed by atoms with van der Waals surface area (Å²) in [6.45, 7) is 5.42. The summed E-state index contributed by atoms with van der Waals surface area (Å²) in [6, 6.07) is 46.2. The molecule has 254 valence electrons. The van der Waals surface area contributed by atoms with Gasteiger partial charge in [0.2, 0.25) is 0 Å². The smallest absolute Gasteiger partial charge is 1.00 e. The van der Waals surface area contributed by atoms with Gasteiger partial charge in [0.25, 0.3) is 0 Å². The maximum Gasteiger partial charge on any atom is -1.00 e. The zero-order chi connectivity index (χ0) is 32.6. The van der Waals surface area contributed by atoms with Crippen molar-refractivity contribution in [2.45, 2.75) is 69.7 Å². The summed E-state index contributed by atoms with van der Waals surface area (Å²) in [5.74, 6) is 1.12.